The Morgan fingerprint density at radius 2 is 1.65 bits per heavy atom. The number of nitro groups is 1. The molecule has 0 amide bonds. The molecule has 0 unspecified atom stereocenters. The standard InChI is InChI=1S/C17H26N4O2/c1-2-18-9-7-16(8-10-18)20-13-11-19(12-14-20)15-3-5-17(6-4-15)21(22)23/h3-6,16H,2,7-14H2,1H3. The molecule has 0 atom stereocenters. The van der Waals surface area contributed by atoms with Gasteiger partial charge in [0.25, 0.3) is 5.69 Å². The van der Waals surface area contributed by atoms with Gasteiger partial charge in [0, 0.05) is 50.0 Å². The summed E-state index contributed by atoms with van der Waals surface area (Å²) in [6.07, 6.45) is 2.57. The third kappa shape index (κ3) is 3.82. The first-order valence-corrected chi connectivity index (χ1v) is 8.63. The lowest BCUT2D eigenvalue weighted by Crippen LogP contribution is -2.53. The molecule has 23 heavy (non-hydrogen) atoms. The monoisotopic (exact) mass is 318 g/mol. The zero-order chi connectivity index (χ0) is 16.2. The molecule has 1 aromatic carbocycles. The number of rotatable bonds is 4. The van der Waals surface area contributed by atoms with Crippen molar-refractivity contribution in [1.82, 2.24) is 9.80 Å². The van der Waals surface area contributed by atoms with Crippen molar-refractivity contribution < 1.29 is 4.92 Å². The zero-order valence-electron chi connectivity index (χ0n) is 13.9. The van der Waals surface area contributed by atoms with E-state index < -0.39 is 0 Å². The molecule has 1 aromatic rings. The number of benzene rings is 1. The molecule has 2 aliphatic heterocycles. The quantitative estimate of drug-likeness (QED) is 0.629. The van der Waals surface area contributed by atoms with E-state index in [-0.39, 0.29) is 10.6 Å². The third-order valence-electron chi connectivity index (χ3n) is 5.26. The topological polar surface area (TPSA) is 52.9 Å². The van der Waals surface area contributed by atoms with E-state index in [1.807, 2.05) is 12.1 Å². The third-order valence-corrected chi connectivity index (χ3v) is 5.26. The number of anilines is 1. The highest BCUT2D eigenvalue weighted by Crippen LogP contribution is 2.23. The Morgan fingerprint density at radius 3 is 2.17 bits per heavy atom. The van der Waals surface area contributed by atoms with Gasteiger partial charge in [-0.15, -0.1) is 0 Å². The van der Waals surface area contributed by atoms with Crippen molar-refractivity contribution in [2.75, 3.05) is 50.7 Å². The number of nitro benzene ring substituents is 1. The molecule has 0 radical (unpaired) electrons. The second-order valence-electron chi connectivity index (χ2n) is 6.46. The van der Waals surface area contributed by atoms with E-state index in [0.717, 1.165) is 37.9 Å². The van der Waals surface area contributed by atoms with Crippen molar-refractivity contribution in [3.63, 3.8) is 0 Å². The molecular formula is C17H26N4O2. The van der Waals surface area contributed by atoms with Gasteiger partial charge in [0.05, 0.1) is 4.92 Å². The Balaban J connectivity index is 1.51. The molecule has 2 aliphatic rings. The van der Waals surface area contributed by atoms with Crippen LogP contribution in [0.3, 0.4) is 0 Å². The molecule has 0 N–H and O–H groups in total. The Morgan fingerprint density at radius 1 is 1.04 bits per heavy atom. The van der Waals surface area contributed by atoms with Crippen LogP contribution in [-0.2, 0) is 0 Å². The molecule has 2 saturated heterocycles. The van der Waals surface area contributed by atoms with E-state index in [1.54, 1.807) is 12.1 Å². The lowest BCUT2D eigenvalue weighted by atomic mass is 10.0. The highest BCUT2D eigenvalue weighted by atomic mass is 16.6. The summed E-state index contributed by atoms with van der Waals surface area (Å²) in [7, 11) is 0. The predicted molar refractivity (Wildman–Crippen MR) is 92.0 cm³/mol. The first kappa shape index (κ1) is 16.2. The average molecular weight is 318 g/mol. The molecule has 0 aromatic heterocycles. The number of hydrogen-bond acceptors (Lipinski definition) is 5. The van der Waals surface area contributed by atoms with Crippen molar-refractivity contribution in [3.8, 4) is 0 Å². The van der Waals surface area contributed by atoms with Gasteiger partial charge < -0.3 is 9.80 Å². The van der Waals surface area contributed by atoms with Crippen LogP contribution in [-0.4, -0.2) is 66.6 Å². The second-order valence-corrected chi connectivity index (χ2v) is 6.46. The first-order valence-electron chi connectivity index (χ1n) is 8.63. The minimum atomic E-state index is -0.343. The van der Waals surface area contributed by atoms with Crippen LogP contribution in [0.2, 0.25) is 0 Å². The maximum absolute atomic E-state index is 10.7. The van der Waals surface area contributed by atoms with Crippen LogP contribution in [0.5, 0.6) is 0 Å². The zero-order valence-corrected chi connectivity index (χ0v) is 13.9. The van der Waals surface area contributed by atoms with Gasteiger partial charge in [-0.3, -0.25) is 15.0 Å². The van der Waals surface area contributed by atoms with Gasteiger partial charge in [0.2, 0.25) is 0 Å². The number of piperazine rings is 1. The molecular weight excluding hydrogens is 292 g/mol. The van der Waals surface area contributed by atoms with Crippen LogP contribution in [0.1, 0.15) is 19.8 Å². The van der Waals surface area contributed by atoms with E-state index in [0.29, 0.717) is 0 Å². The summed E-state index contributed by atoms with van der Waals surface area (Å²) in [5.74, 6) is 0. The summed E-state index contributed by atoms with van der Waals surface area (Å²) < 4.78 is 0. The molecule has 3 rings (SSSR count). The number of piperidine rings is 1. The Labute approximate surface area is 137 Å². The molecule has 126 valence electrons. The Kier molecular flexibility index (Phi) is 5.13. The summed E-state index contributed by atoms with van der Waals surface area (Å²) in [5.41, 5.74) is 1.26. The number of non-ortho nitro benzene ring substituents is 1. The van der Waals surface area contributed by atoms with Crippen LogP contribution in [0.25, 0.3) is 0 Å². The molecule has 2 heterocycles. The van der Waals surface area contributed by atoms with E-state index >= 15 is 0 Å². The lowest BCUT2D eigenvalue weighted by molar-refractivity contribution is -0.384. The van der Waals surface area contributed by atoms with E-state index in [9.17, 15) is 10.1 Å². The molecule has 0 aliphatic carbocycles. The summed E-state index contributed by atoms with van der Waals surface area (Å²) in [4.78, 5) is 17.9. The van der Waals surface area contributed by atoms with Crippen LogP contribution >= 0.6 is 0 Å². The fourth-order valence-corrected chi connectivity index (χ4v) is 3.73. The average Bonchev–Trinajstić information content (AvgIpc) is 2.62. The highest BCUT2D eigenvalue weighted by molar-refractivity contribution is 5.51. The fraction of sp³-hybridized carbons (Fsp3) is 0.647. The number of hydrogen-bond donors (Lipinski definition) is 0. The van der Waals surface area contributed by atoms with E-state index in [4.69, 9.17) is 0 Å². The maximum atomic E-state index is 10.7. The molecule has 0 bridgehead atoms. The maximum Gasteiger partial charge on any atom is 0.269 e. The van der Waals surface area contributed by atoms with E-state index in [2.05, 4.69) is 21.6 Å². The fourth-order valence-electron chi connectivity index (χ4n) is 3.73. The van der Waals surface area contributed by atoms with Gasteiger partial charge in [-0.05, 0) is 44.6 Å². The largest absolute Gasteiger partial charge is 0.369 e. The molecule has 6 heteroatoms. The van der Waals surface area contributed by atoms with Gasteiger partial charge in [0.15, 0.2) is 0 Å². The van der Waals surface area contributed by atoms with Crippen molar-refractivity contribution >= 4 is 11.4 Å². The summed E-state index contributed by atoms with van der Waals surface area (Å²) in [5, 5.41) is 10.7. The second kappa shape index (κ2) is 7.27. The van der Waals surface area contributed by atoms with Crippen LogP contribution < -0.4 is 4.90 Å². The Hall–Kier alpha value is -1.66. The van der Waals surface area contributed by atoms with Gasteiger partial charge >= 0.3 is 0 Å². The van der Waals surface area contributed by atoms with Crippen molar-refractivity contribution in [2.24, 2.45) is 0 Å². The predicted octanol–water partition coefficient (Wildman–Crippen LogP) is 2.20. The van der Waals surface area contributed by atoms with Crippen LogP contribution in [0, 0.1) is 10.1 Å². The molecule has 6 nitrogen and oxygen atoms in total. The molecule has 0 saturated carbocycles. The number of likely N-dealkylation sites (tertiary alicyclic amines) is 1. The normalized spacial score (nSPS) is 21.5. The Bertz CT molecular complexity index is 518. The lowest BCUT2D eigenvalue weighted by Gasteiger charge is -2.43. The highest BCUT2D eigenvalue weighted by Gasteiger charge is 2.27. The van der Waals surface area contributed by atoms with Gasteiger partial charge in [-0.1, -0.05) is 6.92 Å². The molecule has 0 spiro atoms. The SMILES string of the molecule is CCN1CCC(N2CCN(c3ccc([N+](=O)[O-])cc3)CC2)CC1. The van der Waals surface area contributed by atoms with Gasteiger partial charge in [-0.25, -0.2) is 0 Å². The minimum absolute atomic E-state index is 0.162. The molecule has 2 fully saturated rings. The summed E-state index contributed by atoms with van der Waals surface area (Å²) in [6.45, 7) is 10.1. The van der Waals surface area contributed by atoms with E-state index in [1.165, 1.54) is 32.5 Å². The van der Waals surface area contributed by atoms with Crippen molar-refractivity contribution in [2.45, 2.75) is 25.8 Å². The van der Waals surface area contributed by atoms with Crippen molar-refractivity contribution in [1.29, 1.82) is 0 Å². The van der Waals surface area contributed by atoms with Gasteiger partial charge in [0.1, 0.15) is 0 Å². The van der Waals surface area contributed by atoms with Crippen molar-refractivity contribution in [3.05, 3.63) is 34.4 Å². The van der Waals surface area contributed by atoms with Gasteiger partial charge in [-0.2, -0.15) is 0 Å². The minimum Gasteiger partial charge on any atom is -0.369 e. The van der Waals surface area contributed by atoms with Crippen LogP contribution in [0.4, 0.5) is 11.4 Å². The summed E-state index contributed by atoms with van der Waals surface area (Å²) >= 11 is 0. The summed E-state index contributed by atoms with van der Waals surface area (Å²) in [6, 6.07) is 7.67. The number of nitrogens with zero attached hydrogens (tertiary/aromatic N) is 4. The van der Waals surface area contributed by atoms with Crippen LogP contribution in [0.15, 0.2) is 24.3 Å². The first-order chi connectivity index (χ1) is 11.2. The smallest absolute Gasteiger partial charge is 0.269 e.